The molecule has 0 aliphatic carbocycles. The molecule has 0 fully saturated rings. The van der Waals surface area contributed by atoms with Gasteiger partial charge in [-0.05, 0) is 17.7 Å². The third-order valence-electron chi connectivity index (χ3n) is 2.22. The molecule has 0 saturated carbocycles. The molecule has 1 atom stereocenters. The Morgan fingerprint density at radius 2 is 1.95 bits per heavy atom. The number of allylic oxidation sites excluding steroid dienone is 2. The van der Waals surface area contributed by atoms with Gasteiger partial charge in [-0.25, -0.2) is 5.48 Å². The van der Waals surface area contributed by atoms with Crippen molar-refractivity contribution in [1.29, 1.82) is 0 Å². The lowest BCUT2D eigenvalue weighted by atomic mass is 10.2. The van der Waals surface area contributed by atoms with E-state index in [2.05, 4.69) is 0 Å². The Hall–Kier alpha value is -1.76. The molecule has 6 heteroatoms. The van der Waals surface area contributed by atoms with Crippen LogP contribution in [0.4, 0.5) is 0 Å². The molecule has 19 heavy (non-hydrogen) atoms. The van der Waals surface area contributed by atoms with Crippen LogP contribution in [0, 0.1) is 0 Å². The third kappa shape index (κ3) is 5.60. The summed E-state index contributed by atoms with van der Waals surface area (Å²) in [6, 6.07) is 6.87. The molecule has 1 aromatic carbocycles. The molecule has 3 N–H and O–H groups in total. The van der Waals surface area contributed by atoms with Gasteiger partial charge in [-0.1, -0.05) is 30.4 Å². The summed E-state index contributed by atoms with van der Waals surface area (Å²) in [6.45, 7) is -0.0372. The zero-order valence-electron chi connectivity index (χ0n) is 10.2. The van der Waals surface area contributed by atoms with E-state index in [9.17, 15) is 9.00 Å². The highest BCUT2D eigenvalue weighted by molar-refractivity contribution is 7.85. The number of aliphatic hydroxyl groups is 1. The third-order valence-corrected chi connectivity index (χ3v) is 3.51. The van der Waals surface area contributed by atoms with Gasteiger partial charge in [-0.3, -0.25) is 14.2 Å². The molecule has 102 valence electrons. The maximum Gasteiger partial charge on any atom is 0.267 e. The summed E-state index contributed by atoms with van der Waals surface area (Å²) in [7, 11) is -1.16. The Kier molecular flexibility index (Phi) is 6.73. The van der Waals surface area contributed by atoms with Gasteiger partial charge < -0.3 is 5.11 Å². The average Bonchev–Trinajstić information content (AvgIpc) is 2.46. The van der Waals surface area contributed by atoms with E-state index in [4.69, 9.17) is 10.3 Å². The van der Waals surface area contributed by atoms with Gasteiger partial charge >= 0.3 is 0 Å². The van der Waals surface area contributed by atoms with Crippen molar-refractivity contribution in [2.45, 2.75) is 11.5 Å². The Labute approximate surface area is 113 Å². The highest BCUT2D eigenvalue weighted by Gasteiger charge is 2.00. The lowest BCUT2D eigenvalue weighted by molar-refractivity contribution is -0.124. The Morgan fingerprint density at radius 3 is 2.53 bits per heavy atom. The van der Waals surface area contributed by atoms with E-state index < -0.39 is 16.7 Å². The van der Waals surface area contributed by atoms with Crippen molar-refractivity contribution < 1.29 is 19.3 Å². The van der Waals surface area contributed by atoms with Crippen molar-refractivity contribution in [3.8, 4) is 0 Å². The van der Waals surface area contributed by atoms with Gasteiger partial charge in [0, 0.05) is 16.7 Å². The first-order chi connectivity index (χ1) is 9.17. The van der Waals surface area contributed by atoms with Crippen LogP contribution in [0.2, 0.25) is 0 Å². The normalized spacial score (nSPS) is 12.9. The van der Waals surface area contributed by atoms with Crippen LogP contribution < -0.4 is 5.48 Å². The van der Waals surface area contributed by atoms with E-state index in [0.29, 0.717) is 10.6 Å². The fraction of sp³-hybridized carbons (Fsp3) is 0.154. The molecule has 1 amide bonds. The maximum absolute atomic E-state index is 11.9. The number of benzene rings is 1. The van der Waals surface area contributed by atoms with Crippen molar-refractivity contribution >= 4 is 16.7 Å². The molecule has 0 bridgehead atoms. The van der Waals surface area contributed by atoms with Gasteiger partial charge in [0.15, 0.2) is 0 Å². The van der Waals surface area contributed by atoms with Crippen LogP contribution in [-0.2, 0) is 22.2 Å². The molecule has 0 aromatic heterocycles. The molecule has 0 heterocycles. The van der Waals surface area contributed by atoms with Crippen LogP contribution in [-0.4, -0.2) is 26.2 Å². The number of rotatable bonds is 6. The summed E-state index contributed by atoms with van der Waals surface area (Å²) in [5.41, 5.74) is 2.23. The number of carbonyl (C=O) groups excluding carboxylic acids is 1. The van der Waals surface area contributed by atoms with Crippen LogP contribution in [0.15, 0.2) is 53.5 Å². The lowest BCUT2D eigenvalue weighted by Crippen LogP contribution is -2.14. The number of nitrogens with one attached hydrogen (secondary N) is 1. The molecule has 0 saturated heterocycles. The van der Waals surface area contributed by atoms with Crippen molar-refractivity contribution in [2.24, 2.45) is 0 Å². The van der Waals surface area contributed by atoms with E-state index in [-0.39, 0.29) is 6.61 Å². The number of hydrogen-bond donors (Lipinski definition) is 3. The molecule has 0 aliphatic rings. The average molecular weight is 281 g/mol. The minimum Gasteiger partial charge on any atom is -0.392 e. The minimum atomic E-state index is -1.16. The molecule has 0 radical (unpaired) electrons. The molecule has 0 aliphatic heterocycles. The number of amides is 1. The van der Waals surface area contributed by atoms with Crippen molar-refractivity contribution in [3.63, 3.8) is 0 Å². The van der Waals surface area contributed by atoms with Gasteiger partial charge in [0.05, 0.1) is 17.4 Å². The van der Waals surface area contributed by atoms with Gasteiger partial charge in [0.25, 0.3) is 5.91 Å². The van der Waals surface area contributed by atoms with Gasteiger partial charge in [0.1, 0.15) is 0 Å². The van der Waals surface area contributed by atoms with Crippen LogP contribution in [0.1, 0.15) is 5.56 Å². The SMILES string of the molecule is O=C(/C=C/C=C/CS(=O)c1ccc(CO)cc1)NO. The van der Waals surface area contributed by atoms with E-state index in [1.807, 2.05) is 0 Å². The summed E-state index contributed by atoms with van der Waals surface area (Å²) in [4.78, 5) is 11.3. The Bertz CT molecular complexity index is 494. The molecule has 0 spiro atoms. The molecular formula is C13H15NO4S. The fourth-order valence-electron chi connectivity index (χ4n) is 1.24. The predicted molar refractivity (Wildman–Crippen MR) is 71.8 cm³/mol. The van der Waals surface area contributed by atoms with Crippen molar-refractivity contribution in [2.75, 3.05) is 5.75 Å². The lowest BCUT2D eigenvalue weighted by Gasteiger charge is -2.00. The minimum absolute atomic E-state index is 0.0372. The highest BCUT2D eigenvalue weighted by atomic mass is 32.2. The standard InChI is InChI=1S/C13H15NO4S/c15-10-11-5-7-12(8-6-11)19(18)9-3-1-2-4-13(16)14-17/h1-8,15,17H,9-10H2,(H,14,16)/b3-1+,4-2+. The first kappa shape index (κ1) is 15.3. The van der Waals surface area contributed by atoms with Gasteiger partial charge in [-0.15, -0.1) is 0 Å². The van der Waals surface area contributed by atoms with Crippen molar-refractivity contribution in [1.82, 2.24) is 5.48 Å². The Morgan fingerprint density at radius 1 is 1.26 bits per heavy atom. The van der Waals surface area contributed by atoms with E-state index >= 15 is 0 Å². The van der Waals surface area contributed by atoms with Gasteiger partial charge in [-0.2, -0.15) is 0 Å². The van der Waals surface area contributed by atoms with E-state index in [1.54, 1.807) is 36.4 Å². The van der Waals surface area contributed by atoms with Crippen LogP contribution in [0.5, 0.6) is 0 Å². The molecule has 5 nitrogen and oxygen atoms in total. The van der Waals surface area contributed by atoms with Crippen LogP contribution in [0.3, 0.4) is 0 Å². The smallest absolute Gasteiger partial charge is 0.267 e. The Balaban J connectivity index is 2.48. The molecular weight excluding hydrogens is 266 g/mol. The summed E-state index contributed by atoms with van der Waals surface area (Å²) >= 11 is 0. The monoisotopic (exact) mass is 281 g/mol. The summed E-state index contributed by atoms with van der Waals surface area (Å²) in [5.74, 6) is -0.297. The maximum atomic E-state index is 11.9. The summed E-state index contributed by atoms with van der Waals surface area (Å²) < 4.78 is 11.9. The van der Waals surface area contributed by atoms with E-state index in [1.165, 1.54) is 11.6 Å². The van der Waals surface area contributed by atoms with Crippen LogP contribution in [0.25, 0.3) is 0 Å². The van der Waals surface area contributed by atoms with Gasteiger partial charge in [0.2, 0.25) is 0 Å². The molecule has 1 unspecified atom stereocenters. The summed E-state index contributed by atoms with van der Waals surface area (Å²) in [6.07, 6.45) is 5.83. The quantitative estimate of drug-likeness (QED) is 0.313. The molecule has 1 rings (SSSR count). The second kappa shape index (κ2) is 8.36. The number of carbonyl (C=O) groups is 1. The second-order valence-electron chi connectivity index (χ2n) is 3.58. The fourth-order valence-corrected chi connectivity index (χ4v) is 2.16. The molecule has 1 aromatic rings. The topological polar surface area (TPSA) is 86.6 Å². The second-order valence-corrected chi connectivity index (χ2v) is 5.07. The number of aliphatic hydroxyl groups excluding tert-OH is 1. The number of hydroxylamine groups is 1. The predicted octanol–water partition coefficient (Wildman–Crippen LogP) is 0.904. The summed E-state index contributed by atoms with van der Waals surface area (Å²) in [5, 5.41) is 17.1. The highest BCUT2D eigenvalue weighted by Crippen LogP contribution is 2.09. The first-order valence-electron chi connectivity index (χ1n) is 5.53. The number of hydrogen-bond acceptors (Lipinski definition) is 4. The van der Waals surface area contributed by atoms with E-state index in [0.717, 1.165) is 11.6 Å². The zero-order valence-corrected chi connectivity index (χ0v) is 11.0. The first-order valence-corrected chi connectivity index (χ1v) is 6.84. The van der Waals surface area contributed by atoms with Crippen LogP contribution >= 0.6 is 0 Å². The zero-order chi connectivity index (χ0) is 14.1. The van der Waals surface area contributed by atoms with Crippen molar-refractivity contribution in [3.05, 3.63) is 54.1 Å². The largest absolute Gasteiger partial charge is 0.392 e.